The Morgan fingerprint density at radius 2 is 2.05 bits per heavy atom. The van der Waals surface area contributed by atoms with E-state index in [0.717, 1.165) is 23.9 Å². The Morgan fingerprint density at radius 3 is 2.76 bits per heavy atom. The summed E-state index contributed by atoms with van der Waals surface area (Å²) in [6, 6.07) is 12.5. The number of nitrogens with zero attached hydrogens (tertiary/aromatic N) is 2. The van der Waals surface area contributed by atoms with E-state index in [1.165, 1.54) is 11.1 Å². The normalized spacial score (nSPS) is 10.9. The third-order valence-corrected chi connectivity index (χ3v) is 3.47. The number of anilines is 1. The number of nitrogens with one attached hydrogen (secondary N) is 1. The molecule has 4 heteroatoms. The number of benzene rings is 1. The van der Waals surface area contributed by atoms with E-state index in [1.807, 2.05) is 30.5 Å². The van der Waals surface area contributed by atoms with Gasteiger partial charge in [-0.2, -0.15) is 0 Å². The Hall–Kier alpha value is -1.58. The zero-order valence-electron chi connectivity index (χ0n) is 12.8. The highest BCUT2D eigenvalue weighted by Crippen LogP contribution is 2.19. The summed E-state index contributed by atoms with van der Waals surface area (Å²) < 4.78 is 0. The van der Waals surface area contributed by atoms with Gasteiger partial charge in [0.2, 0.25) is 0 Å². The molecule has 0 atom stereocenters. The maximum atomic E-state index is 6.05. The molecule has 2 aromatic rings. The summed E-state index contributed by atoms with van der Waals surface area (Å²) in [4.78, 5) is 6.68. The molecule has 21 heavy (non-hydrogen) atoms. The van der Waals surface area contributed by atoms with E-state index < -0.39 is 0 Å². The monoisotopic (exact) mass is 303 g/mol. The molecular formula is C17H22ClN3. The predicted octanol–water partition coefficient (Wildman–Crippen LogP) is 3.87. The van der Waals surface area contributed by atoms with Gasteiger partial charge >= 0.3 is 0 Å². The van der Waals surface area contributed by atoms with E-state index in [-0.39, 0.29) is 0 Å². The molecule has 0 unspecified atom stereocenters. The smallest absolute Gasteiger partial charge is 0.133 e. The summed E-state index contributed by atoms with van der Waals surface area (Å²) in [6.45, 7) is 5.89. The molecule has 0 saturated heterocycles. The van der Waals surface area contributed by atoms with Crippen LogP contribution in [0.4, 0.5) is 5.82 Å². The quantitative estimate of drug-likeness (QED) is 0.878. The van der Waals surface area contributed by atoms with Crippen molar-refractivity contribution < 1.29 is 0 Å². The lowest BCUT2D eigenvalue weighted by atomic mass is 10.2. The molecule has 2 rings (SSSR count). The lowest BCUT2D eigenvalue weighted by Crippen LogP contribution is -2.25. The van der Waals surface area contributed by atoms with Gasteiger partial charge in [0, 0.05) is 43.0 Å². The Bertz CT molecular complexity index is 584. The standard InChI is InChI=1S/C17H22ClN3/c1-13(2)20-11-15-7-5-9-19-17(15)21(3)12-14-6-4-8-16(18)10-14/h4-10,13,20H,11-12H2,1-3H3. The van der Waals surface area contributed by atoms with Crippen molar-refractivity contribution in [1.82, 2.24) is 10.3 Å². The summed E-state index contributed by atoms with van der Waals surface area (Å²) in [5.74, 6) is 1.01. The molecule has 3 nitrogen and oxygen atoms in total. The maximum absolute atomic E-state index is 6.05. The number of halogens is 1. The van der Waals surface area contributed by atoms with Gasteiger partial charge < -0.3 is 10.2 Å². The van der Waals surface area contributed by atoms with Crippen LogP contribution in [0.25, 0.3) is 0 Å². The summed E-state index contributed by atoms with van der Waals surface area (Å²) in [5.41, 5.74) is 2.38. The Labute approximate surface area is 132 Å². The van der Waals surface area contributed by atoms with Crippen molar-refractivity contribution in [3.8, 4) is 0 Å². The summed E-state index contributed by atoms with van der Waals surface area (Å²) in [7, 11) is 2.06. The second-order valence-corrected chi connectivity index (χ2v) is 5.94. The van der Waals surface area contributed by atoms with Crippen LogP contribution in [0, 0.1) is 0 Å². The van der Waals surface area contributed by atoms with Crippen molar-refractivity contribution in [2.24, 2.45) is 0 Å². The largest absolute Gasteiger partial charge is 0.355 e. The molecule has 0 saturated carbocycles. The number of pyridine rings is 1. The van der Waals surface area contributed by atoms with Crippen LogP contribution in [-0.2, 0) is 13.1 Å². The third kappa shape index (κ3) is 4.73. The van der Waals surface area contributed by atoms with E-state index in [0.29, 0.717) is 6.04 Å². The SMILES string of the molecule is CC(C)NCc1cccnc1N(C)Cc1cccc(Cl)c1. The van der Waals surface area contributed by atoms with Gasteiger partial charge in [-0.3, -0.25) is 0 Å². The van der Waals surface area contributed by atoms with Gasteiger partial charge in [0.15, 0.2) is 0 Å². The lowest BCUT2D eigenvalue weighted by Gasteiger charge is -2.22. The first-order valence-electron chi connectivity index (χ1n) is 7.19. The Morgan fingerprint density at radius 1 is 1.24 bits per heavy atom. The Kier molecular flexibility index (Phi) is 5.59. The third-order valence-electron chi connectivity index (χ3n) is 3.24. The second kappa shape index (κ2) is 7.43. The molecule has 0 aliphatic heterocycles. The minimum Gasteiger partial charge on any atom is -0.355 e. The molecule has 0 aliphatic carbocycles. The highest BCUT2D eigenvalue weighted by atomic mass is 35.5. The highest BCUT2D eigenvalue weighted by Gasteiger charge is 2.09. The predicted molar refractivity (Wildman–Crippen MR) is 89.8 cm³/mol. The van der Waals surface area contributed by atoms with Crippen LogP contribution in [-0.4, -0.2) is 18.1 Å². The fourth-order valence-electron chi connectivity index (χ4n) is 2.21. The van der Waals surface area contributed by atoms with Gasteiger partial charge in [-0.1, -0.05) is 43.6 Å². The van der Waals surface area contributed by atoms with Crippen LogP contribution in [0.15, 0.2) is 42.6 Å². The molecule has 1 N–H and O–H groups in total. The number of aromatic nitrogens is 1. The van der Waals surface area contributed by atoms with Crippen molar-refractivity contribution in [3.63, 3.8) is 0 Å². The number of hydrogen-bond donors (Lipinski definition) is 1. The molecular weight excluding hydrogens is 282 g/mol. The van der Waals surface area contributed by atoms with E-state index in [4.69, 9.17) is 11.6 Å². The van der Waals surface area contributed by atoms with Gasteiger partial charge in [-0.25, -0.2) is 4.98 Å². The lowest BCUT2D eigenvalue weighted by molar-refractivity contribution is 0.587. The van der Waals surface area contributed by atoms with Crippen LogP contribution in [0.3, 0.4) is 0 Å². The Balaban J connectivity index is 2.13. The van der Waals surface area contributed by atoms with Gasteiger partial charge in [-0.15, -0.1) is 0 Å². The molecule has 1 aromatic heterocycles. The molecule has 0 aliphatic rings. The maximum Gasteiger partial charge on any atom is 0.133 e. The summed E-state index contributed by atoms with van der Waals surface area (Å²) in [6.07, 6.45) is 1.84. The van der Waals surface area contributed by atoms with Crippen LogP contribution in [0.2, 0.25) is 5.02 Å². The van der Waals surface area contributed by atoms with Crippen molar-refractivity contribution in [1.29, 1.82) is 0 Å². The van der Waals surface area contributed by atoms with Crippen molar-refractivity contribution in [3.05, 3.63) is 58.7 Å². The zero-order chi connectivity index (χ0) is 15.2. The van der Waals surface area contributed by atoms with Crippen LogP contribution >= 0.6 is 11.6 Å². The zero-order valence-corrected chi connectivity index (χ0v) is 13.6. The summed E-state index contributed by atoms with van der Waals surface area (Å²) >= 11 is 6.05. The first-order chi connectivity index (χ1) is 10.1. The average molecular weight is 304 g/mol. The van der Waals surface area contributed by atoms with Crippen LogP contribution in [0.5, 0.6) is 0 Å². The minimum absolute atomic E-state index is 0.455. The van der Waals surface area contributed by atoms with Crippen LogP contribution in [0.1, 0.15) is 25.0 Å². The summed E-state index contributed by atoms with van der Waals surface area (Å²) in [5, 5.41) is 4.21. The first kappa shape index (κ1) is 15.8. The number of hydrogen-bond acceptors (Lipinski definition) is 3. The van der Waals surface area contributed by atoms with Gasteiger partial charge in [0.25, 0.3) is 0 Å². The number of rotatable bonds is 6. The van der Waals surface area contributed by atoms with E-state index >= 15 is 0 Å². The van der Waals surface area contributed by atoms with E-state index in [9.17, 15) is 0 Å². The first-order valence-corrected chi connectivity index (χ1v) is 7.57. The molecule has 0 bridgehead atoms. The van der Waals surface area contributed by atoms with Crippen LogP contribution < -0.4 is 10.2 Å². The van der Waals surface area contributed by atoms with Gasteiger partial charge in [0.1, 0.15) is 5.82 Å². The van der Waals surface area contributed by atoms with E-state index in [2.05, 4.69) is 48.2 Å². The topological polar surface area (TPSA) is 28.2 Å². The van der Waals surface area contributed by atoms with Crippen molar-refractivity contribution in [2.75, 3.05) is 11.9 Å². The molecule has 1 aromatic carbocycles. The molecule has 112 valence electrons. The average Bonchev–Trinajstić information content (AvgIpc) is 2.45. The molecule has 0 amide bonds. The minimum atomic E-state index is 0.455. The fraction of sp³-hybridized carbons (Fsp3) is 0.353. The van der Waals surface area contributed by atoms with Crippen molar-refractivity contribution >= 4 is 17.4 Å². The molecule has 0 spiro atoms. The van der Waals surface area contributed by atoms with E-state index in [1.54, 1.807) is 0 Å². The van der Waals surface area contributed by atoms with Gasteiger partial charge in [-0.05, 0) is 23.8 Å². The molecule has 1 heterocycles. The van der Waals surface area contributed by atoms with Crippen molar-refractivity contribution in [2.45, 2.75) is 33.0 Å². The second-order valence-electron chi connectivity index (χ2n) is 5.51. The molecule has 0 fully saturated rings. The highest BCUT2D eigenvalue weighted by molar-refractivity contribution is 6.30. The fourth-order valence-corrected chi connectivity index (χ4v) is 2.42. The molecule has 0 radical (unpaired) electrons. The van der Waals surface area contributed by atoms with Gasteiger partial charge in [0.05, 0.1) is 0 Å².